The third kappa shape index (κ3) is 12.8. The van der Waals surface area contributed by atoms with Crippen molar-refractivity contribution in [2.24, 2.45) is 5.92 Å². The molecule has 1 amide bonds. The van der Waals surface area contributed by atoms with E-state index in [0.717, 1.165) is 38.9 Å². The highest BCUT2D eigenvalue weighted by Crippen LogP contribution is 2.10. The summed E-state index contributed by atoms with van der Waals surface area (Å²) < 4.78 is 0.174. The highest BCUT2D eigenvalue weighted by Gasteiger charge is 2.12. The maximum absolute atomic E-state index is 11.8. The Morgan fingerprint density at radius 1 is 1.05 bits per heavy atom. The van der Waals surface area contributed by atoms with Gasteiger partial charge in [0.15, 0.2) is 3.79 Å². The topological polar surface area (TPSA) is 58.2 Å². The van der Waals surface area contributed by atoms with Crippen LogP contribution in [0.5, 0.6) is 0 Å². The molecule has 118 valence electrons. The first kappa shape index (κ1) is 19.8. The van der Waals surface area contributed by atoms with Crippen molar-refractivity contribution in [2.75, 3.05) is 19.6 Å². The minimum absolute atomic E-state index is 0.0134. The Kier molecular flexibility index (Phi) is 13.7. The van der Waals surface area contributed by atoms with Gasteiger partial charge in [-0.25, -0.2) is 0 Å². The first-order valence-corrected chi connectivity index (χ1v) is 8.82. The molecule has 0 aliphatic carbocycles. The molecule has 4 nitrogen and oxygen atoms in total. The maximum atomic E-state index is 11.8. The van der Waals surface area contributed by atoms with Crippen molar-refractivity contribution in [3.63, 3.8) is 0 Å². The summed E-state index contributed by atoms with van der Waals surface area (Å²) in [6.07, 6.45) is 6.83. The van der Waals surface area contributed by atoms with Gasteiger partial charge in [0.25, 0.3) is 0 Å². The predicted octanol–water partition coefficient (Wildman–Crippen LogP) is 3.04. The molecular formula is C15H29IN2O2. The Labute approximate surface area is 137 Å². The lowest BCUT2D eigenvalue weighted by molar-refractivity contribution is -0.124. The smallest absolute Gasteiger partial charge is 0.222 e. The average molecular weight is 396 g/mol. The van der Waals surface area contributed by atoms with Crippen molar-refractivity contribution in [2.45, 2.75) is 58.8 Å². The van der Waals surface area contributed by atoms with E-state index in [1.807, 2.05) is 6.92 Å². The van der Waals surface area contributed by atoms with Crippen LogP contribution in [-0.4, -0.2) is 29.3 Å². The fourth-order valence-electron chi connectivity index (χ4n) is 1.97. The van der Waals surface area contributed by atoms with Crippen molar-refractivity contribution in [1.82, 2.24) is 10.6 Å². The van der Waals surface area contributed by atoms with Crippen LogP contribution in [0, 0.1) is 5.92 Å². The Bertz CT molecular complexity index is 273. The molecule has 0 bridgehead atoms. The molecule has 0 fully saturated rings. The van der Waals surface area contributed by atoms with Gasteiger partial charge < -0.3 is 10.6 Å². The van der Waals surface area contributed by atoms with Gasteiger partial charge in [0.1, 0.15) is 0 Å². The minimum atomic E-state index is 0.0134. The van der Waals surface area contributed by atoms with Crippen molar-refractivity contribution in [3.05, 3.63) is 0 Å². The van der Waals surface area contributed by atoms with Crippen LogP contribution in [-0.2, 0) is 9.59 Å². The van der Waals surface area contributed by atoms with E-state index >= 15 is 0 Å². The number of nitrogens with one attached hydrogen (secondary N) is 2. The fraction of sp³-hybridized carbons (Fsp3) is 0.867. The van der Waals surface area contributed by atoms with Crippen LogP contribution in [0.25, 0.3) is 0 Å². The normalized spacial score (nSPS) is 12.2. The van der Waals surface area contributed by atoms with E-state index in [1.165, 1.54) is 19.3 Å². The lowest BCUT2D eigenvalue weighted by Gasteiger charge is -2.11. The summed E-state index contributed by atoms with van der Waals surface area (Å²) in [5.74, 6) is 0.137. The molecule has 0 heterocycles. The number of carbonyl (C=O) groups is 2. The number of hydrogen-bond donors (Lipinski definition) is 2. The molecule has 1 atom stereocenters. The van der Waals surface area contributed by atoms with Gasteiger partial charge >= 0.3 is 0 Å². The molecule has 0 saturated carbocycles. The van der Waals surface area contributed by atoms with E-state index in [4.69, 9.17) is 0 Å². The molecule has 0 aliphatic heterocycles. The average Bonchev–Trinajstić information content (AvgIpc) is 2.41. The second-order valence-corrected chi connectivity index (χ2v) is 6.41. The van der Waals surface area contributed by atoms with Gasteiger partial charge in [0, 0.05) is 18.9 Å². The third-order valence-corrected chi connectivity index (χ3v) is 3.83. The summed E-state index contributed by atoms with van der Waals surface area (Å²) in [5.41, 5.74) is 0. The van der Waals surface area contributed by atoms with Crippen molar-refractivity contribution in [3.8, 4) is 0 Å². The Morgan fingerprint density at radius 2 is 1.70 bits per heavy atom. The summed E-state index contributed by atoms with van der Waals surface area (Å²) in [6, 6.07) is 0. The van der Waals surface area contributed by atoms with Crippen LogP contribution in [0.15, 0.2) is 0 Å². The summed E-state index contributed by atoms with van der Waals surface area (Å²) >= 11 is 1.81. The Balaban J connectivity index is 3.40. The zero-order chi connectivity index (χ0) is 15.2. The predicted molar refractivity (Wildman–Crippen MR) is 92.1 cm³/mol. The minimum Gasteiger partial charge on any atom is -0.356 e. The number of rotatable bonds is 13. The van der Waals surface area contributed by atoms with E-state index in [1.54, 1.807) is 22.6 Å². The van der Waals surface area contributed by atoms with E-state index in [9.17, 15) is 9.59 Å². The van der Waals surface area contributed by atoms with Gasteiger partial charge in [-0.3, -0.25) is 9.59 Å². The third-order valence-electron chi connectivity index (χ3n) is 3.29. The number of halogens is 1. The van der Waals surface area contributed by atoms with Crippen molar-refractivity contribution >= 4 is 32.3 Å². The van der Waals surface area contributed by atoms with Crippen LogP contribution in [0.4, 0.5) is 0 Å². The van der Waals surface area contributed by atoms with Gasteiger partial charge in [-0.2, -0.15) is 0 Å². The first-order valence-electron chi connectivity index (χ1n) is 7.74. The Morgan fingerprint density at radius 3 is 2.30 bits per heavy atom. The first-order chi connectivity index (χ1) is 9.57. The van der Waals surface area contributed by atoms with Crippen LogP contribution < -0.4 is 10.6 Å². The molecular weight excluding hydrogens is 367 g/mol. The standard InChI is InChI=1S/C15H29IN2O2/c1-3-17-11-6-4-5-7-12-18-15(20)13(2)9-8-10-14(16)19/h13,17H,3-12H2,1-2H3,(H,18,20). The molecule has 0 aromatic heterocycles. The lowest BCUT2D eigenvalue weighted by Crippen LogP contribution is -2.30. The number of hydrogen-bond acceptors (Lipinski definition) is 3. The summed E-state index contributed by atoms with van der Waals surface area (Å²) in [7, 11) is 0. The van der Waals surface area contributed by atoms with E-state index < -0.39 is 0 Å². The van der Waals surface area contributed by atoms with Gasteiger partial charge in [-0.15, -0.1) is 0 Å². The Hall–Kier alpha value is -0.170. The zero-order valence-corrected chi connectivity index (χ0v) is 15.0. The lowest BCUT2D eigenvalue weighted by atomic mass is 10.0. The molecule has 1 unspecified atom stereocenters. The second-order valence-electron chi connectivity index (χ2n) is 5.21. The van der Waals surface area contributed by atoms with E-state index in [-0.39, 0.29) is 15.6 Å². The number of unbranched alkanes of at least 4 members (excludes halogenated alkanes) is 3. The van der Waals surface area contributed by atoms with Crippen LogP contribution in [0.1, 0.15) is 58.8 Å². The SMILES string of the molecule is CCNCCCCCCNC(=O)C(C)CCCC(=O)I. The summed E-state index contributed by atoms with van der Waals surface area (Å²) in [4.78, 5) is 22.6. The van der Waals surface area contributed by atoms with Crippen LogP contribution in [0.3, 0.4) is 0 Å². The van der Waals surface area contributed by atoms with E-state index in [0.29, 0.717) is 6.42 Å². The molecule has 0 radical (unpaired) electrons. The van der Waals surface area contributed by atoms with Crippen molar-refractivity contribution in [1.29, 1.82) is 0 Å². The molecule has 0 aromatic carbocycles. The molecule has 0 rings (SSSR count). The molecule has 5 heteroatoms. The number of carbonyl (C=O) groups excluding carboxylic acids is 2. The van der Waals surface area contributed by atoms with Crippen molar-refractivity contribution < 1.29 is 9.59 Å². The fourth-order valence-corrected chi connectivity index (χ4v) is 2.35. The molecule has 0 aromatic rings. The molecule has 0 aliphatic rings. The second kappa shape index (κ2) is 13.8. The highest BCUT2D eigenvalue weighted by molar-refractivity contribution is 14.1. The summed E-state index contributed by atoms with van der Waals surface area (Å²) in [6.45, 7) is 6.96. The molecule has 2 N–H and O–H groups in total. The molecule has 0 saturated heterocycles. The van der Waals surface area contributed by atoms with Gasteiger partial charge in [0.2, 0.25) is 5.91 Å². The molecule has 20 heavy (non-hydrogen) atoms. The van der Waals surface area contributed by atoms with Gasteiger partial charge in [-0.05, 0) is 61.4 Å². The largest absolute Gasteiger partial charge is 0.356 e. The van der Waals surface area contributed by atoms with Crippen LogP contribution >= 0.6 is 22.6 Å². The quantitative estimate of drug-likeness (QED) is 0.286. The van der Waals surface area contributed by atoms with Crippen LogP contribution in [0.2, 0.25) is 0 Å². The zero-order valence-electron chi connectivity index (χ0n) is 12.8. The molecule has 0 spiro atoms. The van der Waals surface area contributed by atoms with Gasteiger partial charge in [0.05, 0.1) is 0 Å². The highest BCUT2D eigenvalue weighted by atomic mass is 127. The van der Waals surface area contributed by atoms with E-state index in [2.05, 4.69) is 17.6 Å². The maximum Gasteiger partial charge on any atom is 0.222 e. The monoisotopic (exact) mass is 396 g/mol. The summed E-state index contributed by atoms with van der Waals surface area (Å²) in [5, 5.41) is 6.29. The number of amides is 1. The van der Waals surface area contributed by atoms with Gasteiger partial charge in [-0.1, -0.05) is 26.7 Å².